The molecule has 2 atom stereocenters. The number of rotatable bonds is 12. The molecular weight excluding hydrogens is 326 g/mol. The predicted octanol–water partition coefficient (Wildman–Crippen LogP) is 5.36. The van der Waals surface area contributed by atoms with Crippen LogP contribution in [-0.2, 0) is 4.84 Å². The third-order valence-electron chi connectivity index (χ3n) is 5.64. The van der Waals surface area contributed by atoms with E-state index in [0.717, 1.165) is 37.1 Å². The summed E-state index contributed by atoms with van der Waals surface area (Å²) < 4.78 is 10.9. The first-order valence-electron chi connectivity index (χ1n) is 10.6. The molecule has 146 valence electrons. The normalized spacial score (nSPS) is 22.5. The Hall–Kier alpha value is -1.26. The van der Waals surface area contributed by atoms with Gasteiger partial charge >= 0.3 is 0 Å². The van der Waals surface area contributed by atoms with E-state index in [-0.39, 0.29) is 0 Å². The molecule has 26 heavy (non-hydrogen) atoms. The van der Waals surface area contributed by atoms with Gasteiger partial charge in [0.2, 0.25) is 0 Å². The fraction of sp³-hybridized carbons (Fsp3) is 0.727. The van der Waals surface area contributed by atoms with E-state index in [4.69, 9.17) is 14.3 Å². The molecule has 0 bridgehead atoms. The first kappa shape index (κ1) is 19.5. The molecule has 1 aromatic rings. The van der Waals surface area contributed by atoms with Crippen molar-refractivity contribution in [2.24, 2.45) is 0 Å². The van der Waals surface area contributed by atoms with Crippen molar-refractivity contribution in [3.63, 3.8) is 0 Å². The molecule has 0 radical (unpaired) electrons. The van der Waals surface area contributed by atoms with Gasteiger partial charge in [0.1, 0.15) is 11.5 Å². The molecule has 0 N–H and O–H groups in total. The summed E-state index contributed by atoms with van der Waals surface area (Å²) in [6, 6.07) is 8.56. The van der Waals surface area contributed by atoms with Crippen LogP contribution in [0.4, 0.5) is 0 Å². The molecule has 0 aromatic heterocycles. The Labute approximate surface area is 158 Å². The van der Waals surface area contributed by atoms with Gasteiger partial charge in [-0.15, -0.1) is 0 Å². The van der Waals surface area contributed by atoms with Gasteiger partial charge in [-0.3, -0.25) is 4.84 Å². The molecule has 4 nitrogen and oxygen atoms in total. The monoisotopic (exact) mass is 361 g/mol. The van der Waals surface area contributed by atoms with Gasteiger partial charge in [-0.2, -0.15) is 5.06 Å². The summed E-state index contributed by atoms with van der Waals surface area (Å²) in [5.74, 6) is 1.80. The summed E-state index contributed by atoms with van der Waals surface area (Å²) in [5.41, 5.74) is 0. The van der Waals surface area contributed by atoms with Crippen molar-refractivity contribution in [1.29, 1.82) is 0 Å². The van der Waals surface area contributed by atoms with Crippen molar-refractivity contribution < 1.29 is 14.3 Å². The molecule has 2 fully saturated rings. The van der Waals surface area contributed by atoms with E-state index < -0.39 is 0 Å². The Morgan fingerprint density at radius 2 is 1.65 bits per heavy atom. The highest BCUT2D eigenvalue weighted by Gasteiger charge is 2.35. The van der Waals surface area contributed by atoms with Crippen LogP contribution in [0.25, 0.3) is 0 Å². The van der Waals surface area contributed by atoms with E-state index in [2.05, 4.69) is 5.06 Å². The summed E-state index contributed by atoms with van der Waals surface area (Å²) in [7, 11) is 1.68. The van der Waals surface area contributed by atoms with Crippen molar-refractivity contribution in [3.05, 3.63) is 24.3 Å². The summed E-state index contributed by atoms with van der Waals surface area (Å²) in [4.78, 5) is 6.02. The average molecular weight is 362 g/mol. The molecular formula is C22H35NO3. The molecule has 0 unspecified atom stereocenters. The topological polar surface area (TPSA) is 30.9 Å². The van der Waals surface area contributed by atoms with Crippen molar-refractivity contribution >= 4 is 0 Å². The SMILES string of the molecule is COc1ccc(OCCCCCCCCC[C@@H]2C[C@H]3CCCN3O2)cc1. The van der Waals surface area contributed by atoms with E-state index in [0.29, 0.717) is 6.10 Å². The van der Waals surface area contributed by atoms with Gasteiger partial charge in [0.25, 0.3) is 0 Å². The molecule has 2 heterocycles. The van der Waals surface area contributed by atoms with Gasteiger partial charge in [0, 0.05) is 12.6 Å². The lowest BCUT2D eigenvalue weighted by Crippen LogP contribution is -2.20. The minimum absolute atomic E-state index is 0.510. The summed E-state index contributed by atoms with van der Waals surface area (Å²) >= 11 is 0. The maximum absolute atomic E-state index is 6.02. The zero-order valence-corrected chi connectivity index (χ0v) is 16.3. The van der Waals surface area contributed by atoms with E-state index in [9.17, 15) is 0 Å². The molecule has 2 aliphatic heterocycles. The molecule has 2 saturated heterocycles. The van der Waals surface area contributed by atoms with Crippen molar-refractivity contribution in [2.45, 2.75) is 82.8 Å². The van der Waals surface area contributed by atoms with E-state index >= 15 is 0 Å². The number of hydrogen-bond donors (Lipinski definition) is 0. The molecule has 1 aromatic carbocycles. The number of nitrogens with zero attached hydrogens (tertiary/aromatic N) is 1. The van der Waals surface area contributed by atoms with Crippen LogP contribution in [0, 0.1) is 0 Å². The van der Waals surface area contributed by atoms with Crippen LogP contribution in [0.1, 0.15) is 70.6 Å². The zero-order chi connectivity index (χ0) is 18.0. The first-order chi connectivity index (χ1) is 12.8. The number of fused-ring (bicyclic) bond motifs is 1. The van der Waals surface area contributed by atoms with Crippen LogP contribution in [-0.4, -0.2) is 37.5 Å². The van der Waals surface area contributed by atoms with Crippen LogP contribution in [0.15, 0.2) is 24.3 Å². The zero-order valence-electron chi connectivity index (χ0n) is 16.3. The fourth-order valence-electron chi connectivity index (χ4n) is 4.11. The predicted molar refractivity (Wildman–Crippen MR) is 105 cm³/mol. The van der Waals surface area contributed by atoms with E-state index in [1.54, 1.807) is 7.11 Å². The number of unbranched alkanes of at least 4 members (excludes halogenated alkanes) is 6. The molecule has 0 spiro atoms. The third-order valence-corrected chi connectivity index (χ3v) is 5.64. The van der Waals surface area contributed by atoms with Gasteiger partial charge in [-0.1, -0.05) is 38.5 Å². The Morgan fingerprint density at radius 1 is 0.962 bits per heavy atom. The van der Waals surface area contributed by atoms with E-state index in [1.807, 2.05) is 24.3 Å². The standard InChI is InChI=1S/C22H35NO3/c1-24-20-12-14-21(15-13-20)25-17-8-6-4-2-3-5-7-11-22-18-19-10-9-16-23(19)26-22/h12-15,19,22H,2-11,16-18H2,1H3/t19-,22-/m1/s1. The fourth-order valence-corrected chi connectivity index (χ4v) is 4.11. The summed E-state index contributed by atoms with van der Waals surface area (Å²) in [6.45, 7) is 1.96. The molecule has 0 saturated carbocycles. The van der Waals surface area contributed by atoms with Crippen LogP contribution in [0.3, 0.4) is 0 Å². The van der Waals surface area contributed by atoms with Crippen LogP contribution < -0.4 is 9.47 Å². The number of methoxy groups -OCH3 is 1. The van der Waals surface area contributed by atoms with Crippen LogP contribution in [0.2, 0.25) is 0 Å². The third kappa shape index (κ3) is 6.17. The largest absolute Gasteiger partial charge is 0.497 e. The number of benzene rings is 1. The lowest BCUT2D eigenvalue weighted by Gasteiger charge is -2.13. The van der Waals surface area contributed by atoms with Crippen molar-refractivity contribution in [2.75, 3.05) is 20.3 Å². The maximum Gasteiger partial charge on any atom is 0.119 e. The van der Waals surface area contributed by atoms with Crippen molar-refractivity contribution in [1.82, 2.24) is 5.06 Å². The molecule has 0 aliphatic carbocycles. The second-order valence-electron chi connectivity index (χ2n) is 7.69. The second-order valence-corrected chi connectivity index (χ2v) is 7.69. The Bertz CT molecular complexity index is 493. The summed E-state index contributed by atoms with van der Waals surface area (Å²) in [5, 5.41) is 2.25. The number of ether oxygens (including phenoxy) is 2. The average Bonchev–Trinajstić information content (AvgIpc) is 3.25. The molecule has 3 rings (SSSR count). The van der Waals surface area contributed by atoms with Crippen LogP contribution >= 0.6 is 0 Å². The Morgan fingerprint density at radius 3 is 2.38 bits per heavy atom. The van der Waals surface area contributed by atoms with Gasteiger partial charge < -0.3 is 9.47 Å². The quantitative estimate of drug-likeness (QED) is 0.469. The second kappa shape index (κ2) is 10.8. The molecule has 0 amide bonds. The Kier molecular flexibility index (Phi) is 8.09. The highest BCUT2D eigenvalue weighted by Crippen LogP contribution is 2.32. The summed E-state index contributed by atoms with van der Waals surface area (Å²) in [6.07, 6.45) is 14.8. The smallest absolute Gasteiger partial charge is 0.119 e. The maximum atomic E-state index is 6.02. The number of hydrogen-bond acceptors (Lipinski definition) is 4. The molecule has 4 heteroatoms. The van der Waals surface area contributed by atoms with Gasteiger partial charge in [0.05, 0.1) is 19.8 Å². The lowest BCUT2D eigenvalue weighted by molar-refractivity contribution is -0.149. The first-order valence-corrected chi connectivity index (χ1v) is 10.6. The highest BCUT2D eigenvalue weighted by molar-refractivity contribution is 5.31. The lowest BCUT2D eigenvalue weighted by atomic mass is 10.0. The van der Waals surface area contributed by atoms with Crippen molar-refractivity contribution in [3.8, 4) is 11.5 Å². The highest BCUT2D eigenvalue weighted by atomic mass is 16.7. The minimum atomic E-state index is 0.510. The van der Waals surface area contributed by atoms with Crippen LogP contribution in [0.5, 0.6) is 11.5 Å². The van der Waals surface area contributed by atoms with Gasteiger partial charge in [-0.25, -0.2) is 0 Å². The Balaban J connectivity index is 1.10. The molecule has 2 aliphatic rings. The minimum Gasteiger partial charge on any atom is -0.497 e. The van der Waals surface area contributed by atoms with E-state index in [1.165, 1.54) is 64.2 Å². The van der Waals surface area contributed by atoms with Gasteiger partial charge in [-0.05, 0) is 56.4 Å². The van der Waals surface area contributed by atoms with Gasteiger partial charge in [0.15, 0.2) is 0 Å². The number of hydroxylamine groups is 2.